The van der Waals surface area contributed by atoms with E-state index in [1.54, 1.807) is 16.5 Å². The van der Waals surface area contributed by atoms with Gasteiger partial charge < -0.3 is 15.8 Å². The number of benzene rings is 2. The Hall–Kier alpha value is -3.10. The SMILES string of the molecule is COC(=O)Cc1csc2nc(-c3c(F)cccc3Cl)c(Nc3c(C)cccc3N)n12. The second-order valence-corrected chi connectivity index (χ2v) is 7.91. The van der Waals surface area contributed by atoms with Crippen molar-refractivity contribution in [2.75, 3.05) is 18.2 Å². The van der Waals surface area contributed by atoms with Crippen LogP contribution in [0.1, 0.15) is 11.3 Å². The lowest BCUT2D eigenvalue weighted by atomic mass is 10.1. The van der Waals surface area contributed by atoms with E-state index < -0.39 is 11.8 Å². The fourth-order valence-electron chi connectivity index (χ4n) is 3.25. The van der Waals surface area contributed by atoms with Crippen molar-refractivity contribution in [1.82, 2.24) is 9.38 Å². The maximum atomic E-state index is 14.8. The molecule has 4 rings (SSSR count). The summed E-state index contributed by atoms with van der Waals surface area (Å²) in [5.74, 6) is -0.419. The lowest BCUT2D eigenvalue weighted by Crippen LogP contribution is -2.08. The van der Waals surface area contributed by atoms with Crippen LogP contribution < -0.4 is 11.1 Å². The summed E-state index contributed by atoms with van der Waals surface area (Å²) in [6, 6.07) is 10.0. The van der Waals surface area contributed by atoms with E-state index in [4.69, 9.17) is 22.1 Å². The van der Waals surface area contributed by atoms with Crippen molar-refractivity contribution >= 4 is 51.1 Å². The van der Waals surface area contributed by atoms with Gasteiger partial charge in [-0.3, -0.25) is 9.20 Å². The molecule has 0 saturated heterocycles. The van der Waals surface area contributed by atoms with Gasteiger partial charge in [-0.1, -0.05) is 29.8 Å². The molecule has 0 aliphatic carbocycles. The third kappa shape index (κ3) is 3.48. The Morgan fingerprint density at radius 2 is 2.10 bits per heavy atom. The van der Waals surface area contributed by atoms with E-state index in [0.717, 1.165) is 5.56 Å². The number of ether oxygens (including phenoxy) is 1. The van der Waals surface area contributed by atoms with Gasteiger partial charge in [-0.15, -0.1) is 11.3 Å². The van der Waals surface area contributed by atoms with E-state index in [1.807, 2.05) is 24.4 Å². The predicted octanol–water partition coefficient (Wildman–Crippen LogP) is 5.21. The number of rotatable bonds is 5. The number of anilines is 3. The molecule has 154 valence electrons. The number of carbonyl (C=O) groups excluding carboxylic acids is 1. The molecule has 0 atom stereocenters. The maximum absolute atomic E-state index is 14.8. The first-order chi connectivity index (χ1) is 14.4. The molecule has 9 heteroatoms. The van der Waals surface area contributed by atoms with Crippen molar-refractivity contribution in [3.05, 3.63) is 63.9 Å². The molecule has 4 aromatic rings. The number of nitrogen functional groups attached to an aromatic ring is 1. The van der Waals surface area contributed by atoms with Crippen LogP contribution in [0.15, 0.2) is 41.8 Å². The molecule has 2 aromatic carbocycles. The van der Waals surface area contributed by atoms with Gasteiger partial charge in [-0.2, -0.15) is 0 Å². The Morgan fingerprint density at radius 1 is 1.33 bits per heavy atom. The van der Waals surface area contributed by atoms with E-state index in [1.165, 1.54) is 30.6 Å². The number of nitrogens with zero attached hydrogens (tertiary/aromatic N) is 2. The molecule has 0 spiro atoms. The summed E-state index contributed by atoms with van der Waals surface area (Å²) in [4.78, 5) is 17.1. The highest BCUT2D eigenvalue weighted by Crippen LogP contribution is 2.40. The molecule has 2 aromatic heterocycles. The normalized spacial score (nSPS) is 11.1. The molecule has 0 amide bonds. The van der Waals surface area contributed by atoms with Crippen molar-refractivity contribution in [3.8, 4) is 11.3 Å². The molecule has 3 N–H and O–H groups in total. The molecular weight excluding hydrogens is 427 g/mol. The highest BCUT2D eigenvalue weighted by molar-refractivity contribution is 7.15. The van der Waals surface area contributed by atoms with Gasteiger partial charge in [-0.25, -0.2) is 9.37 Å². The molecule has 0 saturated carbocycles. The standard InChI is InChI=1S/C21H18ClFN4O2S/c1-11-5-3-8-15(24)18(11)25-20-19(17-13(22)6-4-7-14(17)23)26-21-27(20)12(10-30-21)9-16(28)29-2/h3-8,10,25H,9,24H2,1-2H3. The second-order valence-electron chi connectivity index (χ2n) is 6.67. The van der Waals surface area contributed by atoms with Crippen LogP contribution in [0.5, 0.6) is 0 Å². The Bertz CT molecular complexity index is 1230. The van der Waals surface area contributed by atoms with Crippen molar-refractivity contribution in [1.29, 1.82) is 0 Å². The molecular formula is C21H18ClFN4O2S. The second kappa shape index (κ2) is 7.97. The molecule has 2 heterocycles. The summed E-state index contributed by atoms with van der Waals surface area (Å²) in [6.07, 6.45) is 0.0369. The Balaban J connectivity index is 1.98. The maximum Gasteiger partial charge on any atom is 0.311 e. The molecule has 30 heavy (non-hydrogen) atoms. The fraction of sp³-hybridized carbons (Fsp3) is 0.143. The first-order valence-electron chi connectivity index (χ1n) is 9.02. The van der Waals surface area contributed by atoms with Crippen LogP contribution in [0.25, 0.3) is 16.2 Å². The van der Waals surface area contributed by atoms with E-state index >= 15 is 0 Å². The number of halogens is 2. The first kappa shape index (κ1) is 20.2. The van der Waals surface area contributed by atoms with E-state index in [0.29, 0.717) is 33.5 Å². The van der Waals surface area contributed by atoms with Crippen LogP contribution in [0, 0.1) is 12.7 Å². The van der Waals surface area contributed by atoms with Gasteiger partial charge in [0, 0.05) is 11.1 Å². The lowest BCUT2D eigenvalue weighted by Gasteiger charge is -2.15. The zero-order valence-corrected chi connectivity index (χ0v) is 17.8. The predicted molar refractivity (Wildman–Crippen MR) is 118 cm³/mol. The summed E-state index contributed by atoms with van der Waals surface area (Å²) >= 11 is 7.66. The van der Waals surface area contributed by atoms with Crippen molar-refractivity contribution in [2.24, 2.45) is 0 Å². The summed E-state index contributed by atoms with van der Waals surface area (Å²) in [5, 5.41) is 5.36. The molecule has 0 radical (unpaired) electrons. The first-order valence-corrected chi connectivity index (χ1v) is 10.3. The largest absolute Gasteiger partial charge is 0.469 e. The molecule has 0 unspecified atom stereocenters. The van der Waals surface area contributed by atoms with E-state index in [2.05, 4.69) is 10.3 Å². The highest BCUT2D eigenvalue weighted by Gasteiger charge is 2.24. The minimum Gasteiger partial charge on any atom is -0.469 e. The van der Waals surface area contributed by atoms with Gasteiger partial charge in [0.05, 0.1) is 35.5 Å². The van der Waals surface area contributed by atoms with Crippen molar-refractivity contribution in [2.45, 2.75) is 13.3 Å². The summed E-state index contributed by atoms with van der Waals surface area (Å²) in [7, 11) is 1.33. The van der Waals surface area contributed by atoms with E-state index in [-0.39, 0.29) is 17.0 Å². The zero-order chi connectivity index (χ0) is 21.4. The van der Waals surface area contributed by atoms with Crippen molar-refractivity contribution in [3.63, 3.8) is 0 Å². The third-order valence-electron chi connectivity index (χ3n) is 4.74. The topological polar surface area (TPSA) is 81.6 Å². The van der Waals surface area contributed by atoms with Gasteiger partial charge in [-0.05, 0) is 30.7 Å². The summed E-state index contributed by atoms with van der Waals surface area (Å²) in [6.45, 7) is 1.91. The van der Waals surface area contributed by atoms with Gasteiger partial charge >= 0.3 is 5.97 Å². The third-order valence-corrected chi connectivity index (χ3v) is 5.92. The van der Waals surface area contributed by atoms with Crippen LogP contribution in [0.4, 0.5) is 21.6 Å². The Labute approximate surface area is 181 Å². The summed E-state index contributed by atoms with van der Waals surface area (Å²) < 4.78 is 21.3. The minimum atomic E-state index is -0.497. The highest BCUT2D eigenvalue weighted by atomic mass is 35.5. The number of hydrogen-bond donors (Lipinski definition) is 2. The molecule has 0 bridgehead atoms. The van der Waals surface area contributed by atoms with Crippen molar-refractivity contribution < 1.29 is 13.9 Å². The molecule has 0 fully saturated rings. The number of hydrogen-bond acceptors (Lipinski definition) is 6. The minimum absolute atomic E-state index is 0.0369. The average molecular weight is 445 g/mol. The zero-order valence-electron chi connectivity index (χ0n) is 16.2. The molecule has 0 aliphatic heterocycles. The number of thiazole rings is 1. The number of aromatic nitrogens is 2. The number of methoxy groups -OCH3 is 1. The van der Waals surface area contributed by atoms with Crippen LogP contribution >= 0.6 is 22.9 Å². The van der Waals surface area contributed by atoms with Crippen LogP contribution in [0.3, 0.4) is 0 Å². The van der Waals surface area contributed by atoms with Gasteiger partial charge in [0.25, 0.3) is 0 Å². The van der Waals surface area contributed by atoms with Crippen LogP contribution in [-0.2, 0) is 16.0 Å². The number of para-hydroxylation sites is 1. The van der Waals surface area contributed by atoms with Crippen LogP contribution in [-0.4, -0.2) is 22.5 Å². The quantitative estimate of drug-likeness (QED) is 0.326. The average Bonchev–Trinajstić information content (AvgIpc) is 3.25. The van der Waals surface area contributed by atoms with Gasteiger partial charge in [0.2, 0.25) is 0 Å². The lowest BCUT2D eigenvalue weighted by molar-refractivity contribution is -0.139. The number of nitrogens with one attached hydrogen (secondary N) is 1. The molecule has 0 aliphatic rings. The Kier molecular flexibility index (Phi) is 5.36. The fourth-order valence-corrected chi connectivity index (χ4v) is 4.39. The monoisotopic (exact) mass is 444 g/mol. The Morgan fingerprint density at radius 3 is 2.80 bits per heavy atom. The van der Waals surface area contributed by atoms with Crippen LogP contribution in [0.2, 0.25) is 5.02 Å². The van der Waals surface area contributed by atoms with Gasteiger partial charge in [0.15, 0.2) is 4.96 Å². The number of carbonyl (C=O) groups is 1. The number of fused-ring (bicyclic) bond motifs is 1. The number of aryl methyl sites for hydroxylation is 1. The summed E-state index contributed by atoms with van der Waals surface area (Å²) in [5.41, 5.74) is 9.45. The number of nitrogens with two attached hydrogens (primary N) is 1. The van der Waals surface area contributed by atoms with Gasteiger partial charge in [0.1, 0.15) is 17.3 Å². The molecule has 6 nitrogen and oxygen atoms in total. The van der Waals surface area contributed by atoms with E-state index in [9.17, 15) is 9.18 Å². The number of imidazole rings is 1. The smallest absolute Gasteiger partial charge is 0.311 e. The number of esters is 1.